The van der Waals surface area contributed by atoms with Gasteiger partial charge in [0.1, 0.15) is 0 Å². The Bertz CT molecular complexity index is 773. The van der Waals surface area contributed by atoms with Gasteiger partial charge in [-0.1, -0.05) is 19.8 Å². The number of piperidine rings is 1. The first-order chi connectivity index (χ1) is 13.1. The van der Waals surface area contributed by atoms with Gasteiger partial charge in [-0.25, -0.2) is 0 Å². The van der Waals surface area contributed by atoms with Gasteiger partial charge in [0.25, 0.3) is 5.56 Å². The highest BCUT2D eigenvalue weighted by atomic mass is 19.4. The second-order valence-corrected chi connectivity index (χ2v) is 8.29. The topological polar surface area (TPSA) is 75.4 Å². The number of aromatic nitrogens is 2. The van der Waals surface area contributed by atoms with Gasteiger partial charge in [-0.3, -0.25) is 14.6 Å². The zero-order valence-corrected chi connectivity index (χ0v) is 15.9. The molecule has 156 valence electrons. The van der Waals surface area contributed by atoms with Crippen LogP contribution in [0.25, 0.3) is 0 Å². The van der Waals surface area contributed by atoms with Crippen molar-refractivity contribution in [3.63, 3.8) is 0 Å². The van der Waals surface area contributed by atoms with Gasteiger partial charge in [-0.2, -0.15) is 13.2 Å². The molecule has 0 radical (unpaired) electrons. The maximum Gasteiger partial charge on any atom is 0.389 e. The number of aliphatic hydroxyl groups is 1. The van der Waals surface area contributed by atoms with Crippen molar-refractivity contribution in [3.8, 4) is 0 Å². The van der Waals surface area contributed by atoms with Gasteiger partial charge >= 0.3 is 6.18 Å². The first-order valence-corrected chi connectivity index (χ1v) is 9.64. The van der Waals surface area contributed by atoms with Crippen molar-refractivity contribution in [1.82, 2.24) is 14.5 Å². The second kappa shape index (κ2) is 7.50. The van der Waals surface area contributed by atoms with Crippen LogP contribution >= 0.6 is 0 Å². The summed E-state index contributed by atoms with van der Waals surface area (Å²) in [6.45, 7) is 1.80. The van der Waals surface area contributed by atoms with Crippen LogP contribution in [0.15, 0.2) is 23.4 Å². The summed E-state index contributed by atoms with van der Waals surface area (Å²) in [6.07, 6.45) is 2.00. The van der Waals surface area contributed by atoms with E-state index < -0.39 is 35.4 Å². The van der Waals surface area contributed by atoms with E-state index in [1.54, 1.807) is 0 Å². The minimum absolute atomic E-state index is 0.0918. The normalized spacial score (nSPS) is 25.8. The highest BCUT2D eigenvalue weighted by Crippen LogP contribution is 2.51. The van der Waals surface area contributed by atoms with Crippen LogP contribution < -0.4 is 5.56 Å². The average Bonchev–Trinajstić information content (AvgIpc) is 3.08. The molecule has 9 heteroatoms. The number of nitrogens with zero attached hydrogens (tertiary/aromatic N) is 3. The summed E-state index contributed by atoms with van der Waals surface area (Å²) in [5, 5.41) is 11.5. The molecule has 2 atom stereocenters. The third kappa shape index (κ3) is 4.09. The molecule has 28 heavy (non-hydrogen) atoms. The number of hydrogen-bond donors (Lipinski definition) is 1. The molecule has 3 rings (SSSR count). The summed E-state index contributed by atoms with van der Waals surface area (Å²) in [5.41, 5.74) is -2.12. The van der Waals surface area contributed by atoms with E-state index in [4.69, 9.17) is 0 Å². The fourth-order valence-electron chi connectivity index (χ4n) is 4.82. The molecule has 1 aromatic rings. The van der Waals surface area contributed by atoms with Crippen LogP contribution in [-0.2, 0) is 11.3 Å². The van der Waals surface area contributed by atoms with Crippen molar-refractivity contribution in [1.29, 1.82) is 0 Å². The zero-order chi connectivity index (χ0) is 20.6. The average molecular weight is 401 g/mol. The van der Waals surface area contributed by atoms with Crippen molar-refractivity contribution in [2.45, 2.75) is 63.8 Å². The van der Waals surface area contributed by atoms with Gasteiger partial charge < -0.3 is 14.6 Å². The molecule has 6 nitrogen and oxygen atoms in total. The molecule has 2 fully saturated rings. The van der Waals surface area contributed by atoms with E-state index in [0.29, 0.717) is 12.8 Å². The lowest BCUT2D eigenvalue weighted by Gasteiger charge is -2.52. The minimum atomic E-state index is -4.39. The van der Waals surface area contributed by atoms with Crippen LogP contribution in [0.3, 0.4) is 0 Å². The van der Waals surface area contributed by atoms with E-state index in [1.165, 1.54) is 35.0 Å². The first-order valence-electron chi connectivity index (χ1n) is 9.64. The van der Waals surface area contributed by atoms with Crippen LogP contribution in [0.5, 0.6) is 0 Å². The van der Waals surface area contributed by atoms with Gasteiger partial charge in [0.05, 0.1) is 24.8 Å². The molecule has 2 heterocycles. The number of likely N-dealkylation sites (tertiary alicyclic amines) is 1. The second-order valence-electron chi connectivity index (χ2n) is 8.29. The molecule has 1 N–H and O–H groups in total. The predicted molar refractivity (Wildman–Crippen MR) is 95.4 cm³/mol. The van der Waals surface area contributed by atoms with E-state index in [9.17, 15) is 27.9 Å². The first kappa shape index (κ1) is 20.8. The maximum absolute atomic E-state index is 12.7. The monoisotopic (exact) mass is 401 g/mol. The molecule has 2 unspecified atom stereocenters. The van der Waals surface area contributed by atoms with E-state index in [2.05, 4.69) is 4.98 Å². The number of alkyl halides is 3. The predicted octanol–water partition coefficient (Wildman–Crippen LogP) is 2.36. The van der Waals surface area contributed by atoms with Crippen LogP contribution in [0.2, 0.25) is 0 Å². The Balaban J connectivity index is 1.81. The Morgan fingerprint density at radius 3 is 2.61 bits per heavy atom. The Morgan fingerprint density at radius 2 is 2.00 bits per heavy atom. The van der Waals surface area contributed by atoms with Crippen LogP contribution in [0, 0.1) is 11.3 Å². The van der Waals surface area contributed by atoms with Gasteiger partial charge in [0.15, 0.2) is 0 Å². The van der Waals surface area contributed by atoms with Crippen molar-refractivity contribution in [2.75, 3.05) is 13.1 Å². The molecule has 1 saturated heterocycles. The highest BCUT2D eigenvalue weighted by molar-refractivity contribution is 5.78. The summed E-state index contributed by atoms with van der Waals surface area (Å²) >= 11 is 0. The molecular formula is C19H26F3N3O3. The molecule has 2 aliphatic rings. The molecule has 1 aliphatic carbocycles. The lowest BCUT2D eigenvalue weighted by molar-refractivity contribution is -0.172. The van der Waals surface area contributed by atoms with E-state index in [1.807, 2.05) is 0 Å². The molecule has 0 aromatic carbocycles. The van der Waals surface area contributed by atoms with Crippen LogP contribution in [-0.4, -0.2) is 50.3 Å². The standard InChI is InChI=1S/C19H26F3N3O3/c1-14(10-19(20,21)22)16(27)25-8-6-18(28,17(12-25)4-2-3-5-17)13-24-9-7-23-11-15(24)26/h7,9,11,14,28H,2-6,8,10,12-13H2,1H3. The maximum atomic E-state index is 12.7. The molecule has 1 saturated carbocycles. The largest absolute Gasteiger partial charge is 0.389 e. The molecule has 1 aromatic heterocycles. The third-order valence-corrected chi connectivity index (χ3v) is 6.34. The molecule has 1 spiro atoms. The van der Waals surface area contributed by atoms with Gasteiger partial charge in [0, 0.05) is 36.8 Å². The highest BCUT2D eigenvalue weighted by Gasteiger charge is 2.56. The zero-order valence-electron chi connectivity index (χ0n) is 15.9. The summed E-state index contributed by atoms with van der Waals surface area (Å²) in [7, 11) is 0. The smallest absolute Gasteiger partial charge is 0.387 e. The number of hydrogen-bond acceptors (Lipinski definition) is 4. The number of amides is 1. The number of carbonyl (C=O) groups is 1. The van der Waals surface area contributed by atoms with Crippen LogP contribution in [0.4, 0.5) is 13.2 Å². The summed E-state index contributed by atoms with van der Waals surface area (Å²) < 4.78 is 39.5. The summed E-state index contributed by atoms with van der Waals surface area (Å²) in [4.78, 5) is 29.9. The Morgan fingerprint density at radius 1 is 1.32 bits per heavy atom. The Hall–Kier alpha value is -1.90. The van der Waals surface area contributed by atoms with Gasteiger partial charge in [-0.15, -0.1) is 0 Å². The quantitative estimate of drug-likeness (QED) is 0.841. The lowest BCUT2D eigenvalue weighted by atomic mass is 9.65. The third-order valence-electron chi connectivity index (χ3n) is 6.34. The number of rotatable bonds is 4. The molecule has 0 bridgehead atoms. The molecule has 1 amide bonds. The number of halogens is 3. The Kier molecular flexibility index (Phi) is 5.58. The van der Waals surface area contributed by atoms with E-state index in [-0.39, 0.29) is 31.6 Å². The Labute approximate surface area is 161 Å². The number of carbonyl (C=O) groups excluding carboxylic acids is 1. The van der Waals surface area contributed by atoms with Crippen molar-refractivity contribution < 1.29 is 23.1 Å². The lowest BCUT2D eigenvalue weighted by Crippen LogP contribution is -2.62. The SMILES string of the molecule is CC(CC(F)(F)F)C(=O)N1CCC(O)(Cn2ccncc2=O)C2(CCCC2)C1. The van der Waals surface area contributed by atoms with Crippen molar-refractivity contribution >= 4 is 5.91 Å². The van der Waals surface area contributed by atoms with E-state index in [0.717, 1.165) is 12.8 Å². The van der Waals surface area contributed by atoms with Gasteiger partial charge in [0.2, 0.25) is 5.91 Å². The van der Waals surface area contributed by atoms with Gasteiger partial charge in [-0.05, 0) is 19.3 Å². The summed E-state index contributed by atoms with van der Waals surface area (Å²) in [6, 6.07) is 0. The fourth-order valence-corrected chi connectivity index (χ4v) is 4.82. The van der Waals surface area contributed by atoms with Crippen molar-refractivity contribution in [2.24, 2.45) is 11.3 Å². The minimum Gasteiger partial charge on any atom is -0.387 e. The fraction of sp³-hybridized carbons (Fsp3) is 0.737. The van der Waals surface area contributed by atoms with Crippen LogP contribution in [0.1, 0.15) is 45.4 Å². The van der Waals surface area contributed by atoms with Crippen molar-refractivity contribution in [3.05, 3.63) is 28.9 Å². The molecular weight excluding hydrogens is 375 g/mol. The summed E-state index contributed by atoms with van der Waals surface area (Å²) in [5.74, 6) is -1.67. The van der Waals surface area contributed by atoms with E-state index >= 15 is 0 Å². The molecule has 1 aliphatic heterocycles.